The molecule has 0 aromatic heterocycles. The minimum absolute atomic E-state index is 0. The molecule has 0 bridgehead atoms. The summed E-state index contributed by atoms with van der Waals surface area (Å²) in [6, 6.07) is 8.37. The number of carbonyl (C=O) groups is 1. The molecule has 1 aliphatic carbocycles. The van der Waals surface area contributed by atoms with Gasteiger partial charge in [-0.3, -0.25) is 4.79 Å². The third-order valence-electron chi connectivity index (χ3n) is 3.54. The van der Waals surface area contributed by atoms with Crippen LogP contribution in [-0.4, -0.2) is 38.1 Å². The first kappa shape index (κ1) is 17.7. The fourth-order valence-electron chi connectivity index (χ4n) is 2.45. The first-order valence-corrected chi connectivity index (χ1v) is 7.24. The molecule has 0 N–H and O–H groups in total. The molecule has 0 unspecified atom stereocenters. The smallest absolute Gasteiger partial charge is 0.310 e. The van der Waals surface area contributed by atoms with Crippen LogP contribution in [-0.2, 0) is 16.0 Å². The number of aryl methyl sites for hydroxylation is 1. The minimum Gasteiger partial charge on any atom is -0.464 e. The van der Waals surface area contributed by atoms with Gasteiger partial charge >= 0.3 is 5.97 Å². The van der Waals surface area contributed by atoms with E-state index in [-0.39, 0.29) is 18.4 Å². The molecule has 0 spiro atoms. The zero-order valence-electron chi connectivity index (χ0n) is 12.8. The number of benzene rings is 1. The molecule has 0 saturated carbocycles. The first-order valence-electron chi connectivity index (χ1n) is 7.24. The second-order valence-electron chi connectivity index (χ2n) is 5.48. The number of carbonyl (C=O) groups excluding carboxylic acids is 1. The highest BCUT2D eigenvalue weighted by molar-refractivity contribution is 5.86. The average Bonchev–Trinajstić information content (AvgIpc) is 2.61. The van der Waals surface area contributed by atoms with E-state index in [4.69, 9.17) is 4.74 Å². The summed E-state index contributed by atoms with van der Waals surface area (Å²) in [5, 5.41) is 0. The Morgan fingerprint density at radius 1 is 1.29 bits per heavy atom. The second kappa shape index (κ2) is 8.85. The van der Waals surface area contributed by atoms with Crippen molar-refractivity contribution in [1.29, 1.82) is 0 Å². The number of hydrogen-bond acceptors (Lipinski definition) is 3. The molecule has 1 aromatic rings. The monoisotopic (exact) mass is 309 g/mol. The SMILES string of the molecule is CN(C)CCOC(=O)CC1=CCCCc2ccccc21.Cl. The first-order chi connectivity index (χ1) is 9.66. The molecule has 2 rings (SSSR count). The molecule has 0 fully saturated rings. The van der Waals surface area contributed by atoms with Crippen molar-refractivity contribution in [2.24, 2.45) is 0 Å². The summed E-state index contributed by atoms with van der Waals surface area (Å²) in [7, 11) is 3.94. The molecule has 0 heterocycles. The van der Waals surface area contributed by atoms with E-state index in [1.807, 2.05) is 25.1 Å². The maximum absolute atomic E-state index is 11.9. The molecular weight excluding hydrogens is 286 g/mol. The lowest BCUT2D eigenvalue weighted by molar-refractivity contribution is -0.142. The van der Waals surface area contributed by atoms with Gasteiger partial charge in [0.05, 0.1) is 6.42 Å². The summed E-state index contributed by atoms with van der Waals surface area (Å²) >= 11 is 0. The van der Waals surface area contributed by atoms with Crippen molar-refractivity contribution in [2.45, 2.75) is 25.7 Å². The Labute approximate surface area is 133 Å². The van der Waals surface area contributed by atoms with Gasteiger partial charge in [0.2, 0.25) is 0 Å². The summed E-state index contributed by atoms with van der Waals surface area (Å²) in [6.45, 7) is 1.22. The van der Waals surface area contributed by atoms with Gasteiger partial charge in [-0.25, -0.2) is 0 Å². The van der Waals surface area contributed by atoms with E-state index in [0.717, 1.165) is 31.4 Å². The number of rotatable bonds is 5. The summed E-state index contributed by atoms with van der Waals surface area (Å²) in [5.74, 6) is -0.130. The lowest BCUT2D eigenvalue weighted by Crippen LogP contribution is -2.20. The van der Waals surface area contributed by atoms with Gasteiger partial charge in [-0.1, -0.05) is 30.3 Å². The third kappa shape index (κ3) is 5.52. The van der Waals surface area contributed by atoms with Gasteiger partial charge in [-0.15, -0.1) is 12.4 Å². The molecule has 0 amide bonds. The lowest BCUT2D eigenvalue weighted by Gasteiger charge is -2.12. The van der Waals surface area contributed by atoms with Gasteiger partial charge in [0.1, 0.15) is 6.61 Å². The van der Waals surface area contributed by atoms with Crippen LogP contribution >= 0.6 is 12.4 Å². The van der Waals surface area contributed by atoms with Crippen LogP contribution in [0.15, 0.2) is 30.3 Å². The maximum Gasteiger partial charge on any atom is 0.310 e. The average molecular weight is 310 g/mol. The number of allylic oxidation sites excluding steroid dienone is 1. The van der Waals surface area contributed by atoms with Gasteiger partial charge in [-0.05, 0) is 50.1 Å². The number of fused-ring (bicyclic) bond motifs is 1. The normalized spacial score (nSPS) is 13.8. The Hall–Kier alpha value is -1.32. The summed E-state index contributed by atoms with van der Waals surface area (Å²) in [4.78, 5) is 13.9. The van der Waals surface area contributed by atoms with Crippen molar-refractivity contribution < 1.29 is 9.53 Å². The van der Waals surface area contributed by atoms with Crippen LogP contribution in [0.25, 0.3) is 5.57 Å². The topological polar surface area (TPSA) is 29.5 Å². The molecular formula is C17H24ClNO2. The predicted octanol–water partition coefficient (Wildman–Crippen LogP) is 3.32. The van der Waals surface area contributed by atoms with Crippen LogP contribution < -0.4 is 0 Å². The molecule has 3 nitrogen and oxygen atoms in total. The maximum atomic E-state index is 11.9. The van der Waals surface area contributed by atoms with Crippen molar-refractivity contribution in [1.82, 2.24) is 4.90 Å². The number of esters is 1. The van der Waals surface area contributed by atoms with E-state index in [9.17, 15) is 4.79 Å². The van der Waals surface area contributed by atoms with Crippen LogP contribution in [0.2, 0.25) is 0 Å². The fraction of sp³-hybridized carbons (Fsp3) is 0.471. The predicted molar refractivity (Wildman–Crippen MR) is 88.7 cm³/mol. The molecule has 1 aliphatic rings. The molecule has 0 saturated heterocycles. The highest BCUT2D eigenvalue weighted by atomic mass is 35.5. The molecule has 116 valence electrons. The molecule has 1 aromatic carbocycles. The molecule has 21 heavy (non-hydrogen) atoms. The highest BCUT2D eigenvalue weighted by Gasteiger charge is 2.14. The van der Waals surface area contributed by atoms with Crippen molar-refractivity contribution in [3.05, 3.63) is 41.5 Å². The third-order valence-corrected chi connectivity index (χ3v) is 3.54. The standard InChI is InChI=1S/C17H23NO2.ClH/c1-18(2)11-12-20-17(19)13-15-9-4-3-7-14-8-5-6-10-16(14)15;/h5-6,8-10H,3-4,7,11-13H2,1-2H3;1H. The zero-order valence-corrected chi connectivity index (χ0v) is 13.6. The van der Waals surface area contributed by atoms with Gasteiger partial charge in [0.25, 0.3) is 0 Å². The van der Waals surface area contributed by atoms with E-state index in [0.29, 0.717) is 13.0 Å². The lowest BCUT2D eigenvalue weighted by atomic mass is 9.97. The Morgan fingerprint density at radius 3 is 2.81 bits per heavy atom. The van der Waals surface area contributed by atoms with Gasteiger partial charge in [-0.2, -0.15) is 0 Å². The Bertz CT molecular complexity index is 497. The quantitative estimate of drug-likeness (QED) is 0.781. The Kier molecular flexibility index (Phi) is 7.48. The van der Waals surface area contributed by atoms with Crippen LogP contribution in [0.4, 0.5) is 0 Å². The van der Waals surface area contributed by atoms with Crippen LogP contribution in [0, 0.1) is 0 Å². The number of nitrogens with zero attached hydrogens (tertiary/aromatic N) is 1. The molecule has 4 heteroatoms. The Balaban J connectivity index is 0.00000220. The van der Waals surface area contributed by atoms with E-state index in [1.165, 1.54) is 11.1 Å². The van der Waals surface area contributed by atoms with Crippen LogP contribution in [0.5, 0.6) is 0 Å². The van der Waals surface area contributed by atoms with E-state index in [1.54, 1.807) is 0 Å². The Morgan fingerprint density at radius 2 is 2.05 bits per heavy atom. The van der Waals surface area contributed by atoms with Crippen molar-refractivity contribution in [3.8, 4) is 0 Å². The fourth-order valence-corrected chi connectivity index (χ4v) is 2.45. The number of ether oxygens (including phenoxy) is 1. The minimum atomic E-state index is -0.130. The van der Waals surface area contributed by atoms with Crippen molar-refractivity contribution in [2.75, 3.05) is 27.2 Å². The van der Waals surface area contributed by atoms with Gasteiger partial charge < -0.3 is 9.64 Å². The summed E-state index contributed by atoms with van der Waals surface area (Å²) in [5.41, 5.74) is 3.68. The van der Waals surface area contributed by atoms with Gasteiger partial charge in [0, 0.05) is 6.54 Å². The second-order valence-corrected chi connectivity index (χ2v) is 5.48. The van der Waals surface area contributed by atoms with E-state index >= 15 is 0 Å². The van der Waals surface area contributed by atoms with Crippen molar-refractivity contribution in [3.63, 3.8) is 0 Å². The highest BCUT2D eigenvalue weighted by Crippen LogP contribution is 2.28. The van der Waals surface area contributed by atoms with E-state index < -0.39 is 0 Å². The van der Waals surface area contributed by atoms with E-state index in [2.05, 4.69) is 24.3 Å². The molecule has 0 atom stereocenters. The molecule has 0 aliphatic heterocycles. The largest absolute Gasteiger partial charge is 0.464 e. The zero-order chi connectivity index (χ0) is 14.4. The molecule has 0 radical (unpaired) electrons. The van der Waals surface area contributed by atoms with Gasteiger partial charge in [0.15, 0.2) is 0 Å². The summed E-state index contributed by atoms with van der Waals surface area (Å²) < 4.78 is 5.29. The van der Waals surface area contributed by atoms with Crippen LogP contribution in [0.1, 0.15) is 30.4 Å². The van der Waals surface area contributed by atoms with Crippen molar-refractivity contribution >= 4 is 23.9 Å². The number of halogens is 1. The number of hydrogen-bond donors (Lipinski definition) is 0. The summed E-state index contributed by atoms with van der Waals surface area (Å²) in [6.07, 6.45) is 5.85. The van der Waals surface area contributed by atoms with Crippen LogP contribution in [0.3, 0.4) is 0 Å². The number of likely N-dealkylation sites (N-methyl/N-ethyl adjacent to an activating group) is 1.